The van der Waals surface area contributed by atoms with Crippen molar-refractivity contribution in [3.63, 3.8) is 0 Å². The molecule has 0 unspecified atom stereocenters. The molecule has 26 heavy (non-hydrogen) atoms. The molecule has 0 aliphatic rings. The molecule has 6 heteroatoms. The minimum absolute atomic E-state index is 0.251. The number of aromatic nitrogens is 3. The van der Waals surface area contributed by atoms with E-state index in [4.69, 9.17) is 5.11 Å². The Morgan fingerprint density at radius 3 is 2.58 bits per heavy atom. The number of amides is 1. The molecule has 0 bridgehead atoms. The first-order chi connectivity index (χ1) is 12.3. The normalized spacial score (nSPS) is 10.8. The molecule has 0 saturated heterocycles. The first kappa shape index (κ1) is 17.7. The van der Waals surface area contributed by atoms with Gasteiger partial charge in [-0.3, -0.25) is 0 Å². The van der Waals surface area contributed by atoms with Crippen LogP contribution in [0.3, 0.4) is 0 Å². The number of rotatable bonds is 4. The summed E-state index contributed by atoms with van der Waals surface area (Å²) < 4.78 is 0. The highest BCUT2D eigenvalue weighted by Gasteiger charge is 2.11. The van der Waals surface area contributed by atoms with E-state index in [0.717, 1.165) is 39.2 Å². The van der Waals surface area contributed by atoms with Crippen LogP contribution in [0.5, 0.6) is 0 Å². The van der Waals surface area contributed by atoms with Crippen LogP contribution in [-0.2, 0) is 6.54 Å². The Morgan fingerprint density at radius 2 is 1.88 bits per heavy atom. The van der Waals surface area contributed by atoms with E-state index < -0.39 is 6.09 Å². The summed E-state index contributed by atoms with van der Waals surface area (Å²) in [5.41, 5.74) is 8.08. The van der Waals surface area contributed by atoms with E-state index in [1.165, 1.54) is 5.56 Å². The van der Waals surface area contributed by atoms with E-state index in [1.807, 2.05) is 26.0 Å². The minimum atomic E-state index is -1.04. The molecule has 1 amide bonds. The largest absolute Gasteiger partial charge is 0.465 e. The second kappa shape index (κ2) is 7.00. The highest BCUT2D eigenvalue weighted by Crippen LogP contribution is 2.23. The lowest BCUT2D eigenvalue weighted by molar-refractivity contribution is 0.194. The highest BCUT2D eigenvalue weighted by atomic mass is 16.4. The molecule has 6 nitrogen and oxygen atoms in total. The number of nitrogens with one attached hydrogen (secondary N) is 1. The minimum Gasteiger partial charge on any atom is -0.465 e. The maximum absolute atomic E-state index is 10.8. The van der Waals surface area contributed by atoms with Crippen molar-refractivity contribution in [1.82, 2.24) is 20.3 Å². The van der Waals surface area contributed by atoms with E-state index in [-0.39, 0.29) is 6.54 Å². The third-order valence-electron chi connectivity index (χ3n) is 4.57. The van der Waals surface area contributed by atoms with Crippen molar-refractivity contribution in [3.05, 3.63) is 64.3 Å². The molecule has 2 aromatic carbocycles. The summed E-state index contributed by atoms with van der Waals surface area (Å²) in [6.07, 6.45) is 0.712. The number of nitrogens with zero attached hydrogens (tertiary/aromatic N) is 3. The summed E-state index contributed by atoms with van der Waals surface area (Å²) in [6, 6.07) is 10.2. The summed E-state index contributed by atoms with van der Waals surface area (Å²) in [4.78, 5) is 12.4. The number of benzene rings is 2. The monoisotopic (exact) mass is 350 g/mol. The molecule has 2 N–H and O–H groups in total. The van der Waals surface area contributed by atoms with Crippen molar-refractivity contribution in [3.8, 4) is 16.9 Å². The molecule has 0 fully saturated rings. The third-order valence-corrected chi connectivity index (χ3v) is 4.57. The molecule has 3 rings (SSSR count). The maximum atomic E-state index is 10.8. The molecule has 0 aliphatic carbocycles. The molecule has 0 atom stereocenters. The Hall–Kier alpha value is -3.15. The zero-order valence-electron chi connectivity index (χ0n) is 15.4. The standard InChI is InChI=1S/C20H22N4O2/c1-12-5-6-18(14(3)7-12)19-11-22-24(23-19)17-8-13(2)15(4)16(9-17)10-21-20(25)26/h5-9,11,21H,10H2,1-4H3,(H,25,26). The number of hydrogen-bond donors (Lipinski definition) is 2. The van der Waals surface area contributed by atoms with Gasteiger partial charge >= 0.3 is 6.09 Å². The molecule has 0 saturated carbocycles. The fourth-order valence-corrected chi connectivity index (χ4v) is 2.99. The summed E-state index contributed by atoms with van der Waals surface area (Å²) in [6.45, 7) is 8.36. The molecule has 1 heterocycles. The third kappa shape index (κ3) is 3.59. The zero-order chi connectivity index (χ0) is 18.8. The van der Waals surface area contributed by atoms with Crippen LogP contribution in [0.1, 0.15) is 27.8 Å². The highest BCUT2D eigenvalue weighted by molar-refractivity contribution is 5.65. The van der Waals surface area contributed by atoms with Gasteiger partial charge < -0.3 is 10.4 Å². The molecule has 0 aliphatic heterocycles. The smallest absolute Gasteiger partial charge is 0.404 e. The van der Waals surface area contributed by atoms with E-state index in [1.54, 1.807) is 11.0 Å². The van der Waals surface area contributed by atoms with E-state index in [9.17, 15) is 4.79 Å². The van der Waals surface area contributed by atoms with Crippen LogP contribution in [0.15, 0.2) is 36.5 Å². The Labute approximate surface area is 152 Å². The molecular weight excluding hydrogens is 328 g/mol. The summed E-state index contributed by atoms with van der Waals surface area (Å²) in [7, 11) is 0. The maximum Gasteiger partial charge on any atom is 0.404 e. The Bertz CT molecular complexity index is 976. The van der Waals surface area contributed by atoms with Gasteiger partial charge in [-0.05, 0) is 62.1 Å². The van der Waals surface area contributed by atoms with Crippen LogP contribution in [0.2, 0.25) is 0 Å². The molecule has 134 valence electrons. The van der Waals surface area contributed by atoms with Crippen molar-refractivity contribution in [2.75, 3.05) is 0 Å². The van der Waals surface area contributed by atoms with E-state index in [2.05, 4.69) is 47.6 Å². The van der Waals surface area contributed by atoms with Crippen LogP contribution in [0.4, 0.5) is 4.79 Å². The number of carboxylic acid groups (broad SMARTS) is 1. The summed E-state index contributed by atoms with van der Waals surface area (Å²) in [5.74, 6) is 0. The first-order valence-corrected chi connectivity index (χ1v) is 8.42. The van der Waals surface area contributed by atoms with Crippen molar-refractivity contribution in [2.24, 2.45) is 0 Å². The van der Waals surface area contributed by atoms with Gasteiger partial charge in [-0.1, -0.05) is 23.8 Å². The lowest BCUT2D eigenvalue weighted by Gasteiger charge is -2.11. The van der Waals surface area contributed by atoms with Gasteiger partial charge in [-0.15, -0.1) is 5.10 Å². The topological polar surface area (TPSA) is 80.0 Å². The molecule has 0 spiro atoms. The van der Waals surface area contributed by atoms with Gasteiger partial charge in [0.25, 0.3) is 0 Å². The molecule has 1 aromatic heterocycles. The lowest BCUT2D eigenvalue weighted by atomic mass is 10.0. The van der Waals surface area contributed by atoms with Gasteiger partial charge in [0.15, 0.2) is 0 Å². The SMILES string of the molecule is Cc1ccc(-c2cnn(-c3cc(C)c(C)c(CNC(=O)O)c3)n2)c(C)c1. The molecular formula is C20H22N4O2. The van der Waals surface area contributed by atoms with Crippen molar-refractivity contribution >= 4 is 6.09 Å². The molecule has 3 aromatic rings. The number of carbonyl (C=O) groups is 1. The molecule has 0 radical (unpaired) electrons. The Morgan fingerprint density at radius 1 is 1.12 bits per heavy atom. The first-order valence-electron chi connectivity index (χ1n) is 8.42. The average Bonchev–Trinajstić information content (AvgIpc) is 3.05. The predicted octanol–water partition coefficient (Wildman–Crippen LogP) is 3.94. The van der Waals surface area contributed by atoms with Gasteiger partial charge in [0.2, 0.25) is 0 Å². The van der Waals surface area contributed by atoms with Gasteiger partial charge in [0.05, 0.1) is 11.9 Å². The Kier molecular flexibility index (Phi) is 4.75. The van der Waals surface area contributed by atoms with Gasteiger partial charge in [-0.2, -0.15) is 9.90 Å². The van der Waals surface area contributed by atoms with E-state index >= 15 is 0 Å². The van der Waals surface area contributed by atoms with Crippen molar-refractivity contribution < 1.29 is 9.90 Å². The Balaban J connectivity index is 1.97. The van der Waals surface area contributed by atoms with Gasteiger partial charge in [-0.25, -0.2) is 4.79 Å². The second-order valence-corrected chi connectivity index (χ2v) is 6.54. The summed E-state index contributed by atoms with van der Waals surface area (Å²) >= 11 is 0. The van der Waals surface area contributed by atoms with Gasteiger partial charge in [0, 0.05) is 12.1 Å². The van der Waals surface area contributed by atoms with Crippen LogP contribution < -0.4 is 5.32 Å². The summed E-state index contributed by atoms with van der Waals surface area (Å²) in [5, 5.41) is 20.3. The van der Waals surface area contributed by atoms with E-state index in [0.29, 0.717) is 0 Å². The van der Waals surface area contributed by atoms with Crippen LogP contribution in [-0.4, -0.2) is 26.2 Å². The van der Waals surface area contributed by atoms with Crippen molar-refractivity contribution in [1.29, 1.82) is 0 Å². The quantitative estimate of drug-likeness (QED) is 0.747. The second-order valence-electron chi connectivity index (χ2n) is 6.54. The van der Waals surface area contributed by atoms with Gasteiger partial charge in [0.1, 0.15) is 5.69 Å². The lowest BCUT2D eigenvalue weighted by Crippen LogP contribution is -2.21. The number of aryl methyl sites for hydroxylation is 3. The average molecular weight is 350 g/mol. The predicted molar refractivity (Wildman–Crippen MR) is 101 cm³/mol. The van der Waals surface area contributed by atoms with Crippen LogP contribution >= 0.6 is 0 Å². The van der Waals surface area contributed by atoms with Crippen LogP contribution in [0.25, 0.3) is 16.9 Å². The fraction of sp³-hybridized carbons (Fsp3) is 0.250. The zero-order valence-corrected chi connectivity index (χ0v) is 15.4. The fourth-order valence-electron chi connectivity index (χ4n) is 2.99. The van der Waals surface area contributed by atoms with Crippen molar-refractivity contribution in [2.45, 2.75) is 34.2 Å². The number of hydrogen-bond acceptors (Lipinski definition) is 3. The van der Waals surface area contributed by atoms with Crippen LogP contribution in [0, 0.1) is 27.7 Å².